The van der Waals surface area contributed by atoms with Crippen molar-refractivity contribution >= 4 is 50.9 Å². The summed E-state index contributed by atoms with van der Waals surface area (Å²) in [7, 11) is 0. The molecule has 1 unspecified atom stereocenters. The molecule has 0 saturated carbocycles. The predicted molar refractivity (Wildman–Crippen MR) is 94.2 cm³/mol. The summed E-state index contributed by atoms with van der Waals surface area (Å²) in [5.41, 5.74) is 8.28. The summed E-state index contributed by atoms with van der Waals surface area (Å²) in [6.07, 6.45) is 0. The van der Waals surface area contributed by atoms with Gasteiger partial charge in [-0.2, -0.15) is 0 Å². The number of fused-ring (bicyclic) bond motifs is 1. The Labute approximate surface area is 136 Å². The molecule has 2 aromatic heterocycles. The van der Waals surface area contributed by atoms with Crippen LogP contribution in [0.15, 0.2) is 35.7 Å². The van der Waals surface area contributed by atoms with Crippen molar-refractivity contribution in [2.75, 3.05) is 5.73 Å². The zero-order valence-corrected chi connectivity index (χ0v) is 14.4. The van der Waals surface area contributed by atoms with Crippen LogP contribution in [0.1, 0.15) is 24.8 Å². The van der Waals surface area contributed by atoms with E-state index in [2.05, 4.69) is 81.7 Å². The molecular formula is C15H16IN3S. The van der Waals surface area contributed by atoms with Crippen LogP contribution in [0, 0.1) is 9.49 Å². The highest BCUT2D eigenvalue weighted by atomic mass is 127. The largest absolute Gasteiger partial charge is 0.369 e. The quantitative estimate of drug-likeness (QED) is 0.660. The van der Waals surface area contributed by atoms with Gasteiger partial charge in [-0.1, -0.05) is 19.9 Å². The SMILES string of the molecule is CC(C)C(c1cccs1)n1c(N)nc2cc(I)ccc21. The van der Waals surface area contributed by atoms with E-state index < -0.39 is 0 Å². The maximum atomic E-state index is 6.20. The minimum Gasteiger partial charge on any atom is -0.369 e. The Morgan fingerprint density at radius 2 is 2.10 bits per heavy atom. The molecule has 20 heavy (non-hydrogen) atoms. The second-order valence-corrected chi connectivity index (χ2v) is 7.40. The molecule has 5 heteroatoms. The number of imidazole rings is 1. The molecule has 3 rings (SSSR count). The normalized spacial score (nSPS) is 13.2. The Bertz CT molecular complexity index is 731. The summed E-state index contributed by atoms with van der Waals surface area (Å²) >= 11 is 4.07. The van der Waals surface area contributed by atoms with Crippen molar-refractivity contribution in [3.63, 3.8) is 0 Å². The molecule has 1 aromatic carbocycles. The number of hydrogen-bond acceptors (Lipinski definition) is 3. The number of nitrogens with zero attached hydrogens (tertiary/aromatic N) is 2. The van der Waals surface area contributed by atoms with Crippen LogP contribution >= 0.6 is 33.9 Å². The predicted octanol–water partition coefficient (Wildman–Crippen LogP) is 4.53. The van der Waals surface area contributed by atoms with Gasteiger partial charge in [-0.15, -0.1) is 11.3 Å². The zero-order chi connectivity index (χ0) is 14.3. The Kier molecular flexibility index (Phi) is 3.72. The second kappa shape index (κ2) is 5.37. The average Bonchev–Trinajstić information content (AvgIpc) is 2.98. The number of nitrogen functional groups attached to an aromatic ring is 1. The maximum absolute atomic E-state index is 6.20. The van der Waals surface area contributed by atoms with Gasteiger partial charge in [-0.05, 0) is 58.2 Å². The van der Waals surface area contributed by atoms with E-state index in [-0.39, 0.29) is 6.04 Å². The number of hydrogen-bond donors (Lipinski definition) is 1. The van der Waals surface area contributed by atoms with Crippen molar-refractivity contribution in [2.24, 2.45) is 5.92 Å². The zero-order valence-electron chi connectivity index (χ0n) is 11.4. The van der Waals surface area contributed by atoms with Gasteiger partial charge in [0.25, 0.3) is 0 Å². The highest BCUT2D eigenvalue weighted by molar-refractivity contribution is 14.1. The first-order chi connectivity index (χ1) is 9.58. The van der Waals surface area contributed by atoms with Crippen LogP contribution in [-0.2, 0) is 0 Å². The third-order valence-corrected chi connectivity index (χ3v) is 5.04. The second-order valence-electron chi connectivity index (χ2n) is 5.18. The highest BCUT2D eigenvalue weighted by Crippen LogP contribution is 2.35. The Balaban J connectivity index is 2.23. The molecule has 0 radical (unpaired) electrons. The molecule has 0 aliphatic carbocycles. The van der Waals surface area contributed by atoms with Crippen molar-refractivity contribution in [1.82, 2.24) is 9.55 Å². The molecule has 2 heterocycles. The van der Waals surface area contributed by atoms with Gasteiger partial charge >= 0.3 is 0 Å². The van der Waals surface area contributed by atoms with E-state index in [1.54, 1.807) is 11.3 Å². The van der Waals surface area contributed by atoms with Crippen molar-refractivity contribution in [2.45, 2.75) is 19.9 Å². The lowest BCUT2D eigenvalue weighted by atomic mass is 10.0. The van der Waals surface area contributed by atoms with Crippen LogP contribution in [0.2, 0.25) is 0 Å². The third kappa shape index (κ3) is 2.33. The standard InChI is InChI=1S/C15H16IN3S/c1-9(2)14(13-4-3-7-20-13)19-12-6-5-10(16)8-11(12)18-15(19)17/h3-9,14H,1-2H3,(H2,17,18). The lowest BCUT2D eigenvalue weighted by Crippen LogP contribution is -2.17. The number of nitrogens with two attached hydrogens (primary N) is 1. The van der Waals surface area contributed by atoms with E-state index in [4.69, 9.17) is 5.73 Å². The summed E-state index contributed by atoms with van der Waals surface area (Å²) in [6.45, 7) is 4.45. The Morgan fingerprint density at radius 1 is 1.30 bits per heavy atom. The van der Waals surface area contributed by atoms with Gasteiger partial charge in [0.1, 0.15) is 0 Å². The molecule has 2 N–H and O–H groups in total. The summed E-state index contributed by atoms with van der Waals surface area (Å²) in [6, 6.07) is 10.8. The molecule has 3 aromatic rings. The fraction of sp³-hybridized carbons (Fsp3) is 0.267. The van der Waals surface area contributed by atoms with Crippen LogP contribution in [-0.4, -0.2) is 9.55 Å². The molecule has 0 bridgehead atoms. The minimum atomic E-state index is 0.236. The lowest BCUT2D eigenvalue weighted by Gasteiger charge is -2.23. The van der Waals surface area contributed by atoms with Crippen molar-refractivity contribution in [3.8, 4) is 0 Å². The topological polar surface area (TPSA) is 43.8 Å². The number of aromatic nitrogens is 2. The van der Waals surface area contributed by atoms with Gasteiger partial charge in [0.05, 0.1) is 17.1 Å². The summed E-state index contributed by atoms with van der Waals surface area (Å²) in [5, 5.41) is 2.11. The number of benzene rings is 1. The van der Waals surface area contributed by atoms with Gasteiger partial charge in [0, 0.05) is 8.45 Å². The number of anilines is 1. The van der Waals surface area contributed by atoms with Crippen LogP contribution < -0.4 is 5.73 Å². The van der Waals surface area contributed by atoms with Crippen molar-refractivity contribution < 1.29 is 0 Å². The fourth-order valence-corrected chi connectivity index (χ4v) is 4.06. The van der Waals surface area contributed by atoms with Crippen LogP contribution in [0.4, 0.5) is 5.95 Å². The molecule has 0 amide bonds. The van der Waals surface area contributed by atoms with E-state index in [1.165, 1.54) is 8.45 Å². The van der Waals surface area contributed by atoms with E-state index in [9.17, 15) is 0 Å². The first-order valence-corrected chi connectivity index (χ1v) is 8.50. The summed E-state index contributed by atoms with van der Waals surface area (Å²) in [4.78, 5) is 5.85. The van der Waals surface area contributed by atoms with Crippen LogP contribution in [0.3, 0.4) is 0 Å². The Morgan fingerprint density at radius 3 is 2.75 bits per heavy atom. The lowest BCUT2D eigenvalue weighted by molar-refractivity contribution is 0.457. The number of thiophene rings is 1. The first kappa shape index (κ1) is 13.9. The van der Waals surface area contributed by atoms with E-state index in [1.807, 2.05) is 0 Å². The molecule has 0 aliphatic rings. The maximum Gasteiger partial charge on any atom is 0.201 e. The van der Waals surface area contributed by atoms with Crippen LogP contribution in [0.5, 0.6) is 0 Å². The van der Waals surface area contributed by atoms with Gasteiger partial charge in [0.2, 0.25) is 5.95 Å². The minimum absolute atomic E-state index is 0.236. The molecule has 0 saturated heterocycles. The van der Waals surface area contributed by atoms with E-state index in [0.29, 0.717) is 11.9 Å². The van der Waals surface area contributed by atoms with Gasteiger partial charge < -0.3 is 10.3 Å². The molecule has 0 spiro atoms. The fourth-order valence-electron chi connectivity index (χ4n) is 2.60. The Hall–Kier alpha value is -1.08. The van der Waals surface area contributed by atoms with Gasteiger partial charge in [-0.3, -0.25) is 0 Å². The summed E-state index contributed by atoms with van der Waals surface area (Å²) in [5.74, 6) is 1.04. The first-order valence-electron chi connectivity index (χ1n) is 6.54. The molecule has 0 aliphatic heterocycles. The van der Waals surface area contributed by atoms with E-state index >= 15 is 0 Å². The third-order valence-electron chi connectivity index (χ3n) is 3.42. The molecular weight excluding hydrogens is 381 g/mol. The van der Waals surface area contributed by atoms with Crippen LogP contribution in [0.25, 0.3) is 11.0 Å². The number of halogens is 1. The van der Waals surface area contributed by atoms with Gasteiger partial charge in [0.15, 0.2) is 0 Å². The summed E-state index contributed by atoms with van der Waals surface area (Å²) < 4.78 is 3.35. The molecule has 0 fully saturated rings. The smallest absolute Gasteiger partial charge is 0.201 e. The monoisotopic (exact) mass is 397 g/mol. The number of rotatable bonds is 3. The highest BCUT2D eigenvalue weighted by Gasteiger charge is 2.23. The van der Waals surface area contributed by atoms with Gasteiger partial charge in [-0.25, -0.2) is 4.98 Å². The van der Waals surface area contributed by atoms with Crippen molar-refractivity contribution in [3.05, 3.63) is 44.2 Å². The molecule has 104 valence electrons. The van der Waals surface area contributed by atoms with E-state index in [0.717, 1.165) is 11.0 Å². The molecule has 3 nitrogen and oxygen atoms in total. The van der Waals surface area contributed by atoms with Crippen molar-refractivity contribution in [1.29, 1.82) is 0 Å². The molecule has 1 atom stereocenters. The average molecular weight is 397 g/mol.